The van der Waals surface area contributed by atoms with Crippen molar-refractivity contribution in [1.82, 2.24) is 0 Å². The molecule has 10 heteroatoms. The molecule has 3 aromatic rings. The summed E-state index contributed by atoms with van der Waals surface area (Å²) in [5, 5.41) is 9.22. The van der Waals surface area contributed by atoms with Gasteiger partial charge >= 0.3 is 12.1 Å². The van der Waals surface area contributed by atoms with E-state index in [9.17, 15) is 31.5 Å². The molecule has 0 unspecified atom stereocenters. The van der Waals surface area contributed by atoms with Gasteiger partial charge in [-0.2, -0.15) is 13.2 Å². The van der Waals surface area contributed by atoms with Crippen molar-refractivity contribution >= 4 is 15.8 Å². The number of hydrogen-bond acceptors (Lipinski definition) is 5. The third-order valence-corrected chi connectivity index (χ3v) is 6.58. The lowest BCUT2D eigenvalue weighted by molar-refractivity contribution is -0.137. The van der Waals surface area contributed by atoms with Crippen LogP contribution in [0.1, 0.15) is 21.5 Å². The Bertz CT molecular complexity index is 1300. The van der Waals surface area contributed by atoms with E-state index in [1.165, 1.54) is 32.4 Å². The van der Waals surface area contributed by atoms with Crippen LogP contribution >= 0.6 is 0 Å². The summed E-state index contributed by atoms with van der Waals surface area (Å²) in [5.74, 6) is -1.85. The largest absolute Gasteiger partial charge is 0.497 e. The highest BCUT2D eigenvalue weighted by Crippen LogP contribution is 2.37. The first-order valence-corrected chi connectivity index (χ1v) is 11.1. The molecule has 0 amide bonds. The molecule has 0 aromatic heterocycles. The molecule has 0 aliphatic heterocycles. The Balaban J connectivity index is 2.18. The van der Waals surface area contributed by atoms with Crippen LogP contribution in [-0.2, 0) is 21.8 Å². The van der Waals surface area contributed by atoms with Crippen LogP contribution in [0.15, 0.2) is 65.6 Å². The van der Waals surface area contributed by atoms with Crippen molar-refractivity contribution in [3.8, 4) is 22.6 Å². The number of rotatable bonds is 7. The van der Waals surface area contributed by atoms with Crippen LogP contribution in [0, 0.1) is 0 Å². The minimum atomic E-state index is -4.69. The average molecular weight is 480 g/mol. The first-order valence-electron chi connectivity index (χ1n) is 9.45. The molecule has 3 rings (SSSR count). The fraction of sp³-hybridized carbons (Fsp3) is 0.174. The second-order valence-corrected chi connectivity index (χ2v) is 8.99. The van der Waals surface area contributed by atoms with Crippen molar-refractivity contribution in [1.29, 1.82) is 0 Å². The minimum Gasteiger partial charge on any atom is -0.497 e. The average Bonchev–Trinajstić information content (AvgIpc) is 2.77. The monoisotopic (exact) mass is 480 g/mol. The Morgan fingerprint density at radius 2 is 1.70 bits per heavy atom. The van der Waals surface area contributed by atoms with Gasteiger partial charge in [-0.15, -0.1) is 0 Å². The molecule has 0 saturated carbocycles. The van der Waals surface area contributed by atoms with E-state index in [-0.39, 0.29) is 22.4 Å². The van der Waals surface area contributed by atoms with Gasteiger partial charge in [0.1, 0.15) is 16.4 Å². The second-order valence-electron chi connectivity index (χ2n) is 7.03. The maximum atomic E-state index is 13.4. The molecule has 0 radical (unpaired) electrons. The van der Waals surface area contributed by atoms with Crippen LogP contribution in [0.25, 0.3) is 11.1 Å². The molecule has 6 nitrogen and oxygen atoms in total. The van der Waals surface area contributed by atoms with E-state index < -0.39 is 38.2 Å². The number of benzene rings is 3. The highest BCUT2D eigenvalue weighted by atomic mass is 32.2. The first kappa shape index (κ1) is 24.1. The molecular weight excluding hydrogens is 461 g/mol. The van der Waals surface area contributed by atoms with Gasteiger partial charge in [0.2, 0.25) is 0 Å². The summed E-state index contributed by atoms with van der Waals surface area (Å²) >= 11 is 0. The van der Waals surface area contributed by atoms with Crippen molar-refractivity contribution in [3.63, 3.8) is 0 Å². The van der Waals surface area contributed by atoms with Crippen LogP contribution in [0.5, 0.6) is 11.5 Å². The predicted molar refractivity (Wildman–Crippen MR) is 114 cm³/mol. The van der Waals surface area contributed by atoms with Gasteiger partial charge in [0.25, 0.3) is 0 Å². The molecule has 0 fully saturated rings. The Morgan fingerprint density at radius 1 is 0.970 bits per heavy atom. The quantitative estimate of drug-likeness (QED) is 0.508. The molecule has 0 saturated heterocycles. The van der Waals surface area contributed by atoms with Crippen molar-refractivity contribution in [2.75, 3.05) is 14.2 Å². The number of aromatic carboxylic acids is 1. The van der Waals surface area contributed by atoms with E-state index >= 15 is 0 Å². The number of carboxylic acids is 1. The molecule has 0 heterocycles. The van der Waals surface area contributed by atoms with Gasteiger partial charge in [-0.05, 0) is 59.2 Å². The van der Waals surface area contributed by atoms with Crippen molar-refractivity contribution < 1.29 is 41.0 Å². The summed E-state index contributed by atoms with van der Waals surface area (Å²) in [4.78, 5) is 10.9. The first-order chi connectivity index (χ1) is 15.5. The van der Waals surface area contributed by atoms with E-state index in [1.807, 2.05) is 0 Å². The normalized spacial score (nSPS) is 11.8. The van der Waals surface area contributed by atoms with E-state index in [4.69, 9.17) is 9.47 Å². The third kappa shape index (κ3) is 5.28. The number of carbonyl (C=O) groups is 1. The Morgan fingerprint density at radius 3 is 2.30 bits per heavy atom. The lowest BCUT2D eigenvalue weighted by Crippen LogP contribution is -2.11. The number of alkyl halides is 3. The van der Waals surface area contributed by atoms with E-state index in [2.05, 4.69) is 0 Å². The van der Waals surface area contributed by atoms with Gasteiger partial charge in [0, 0.05) is 0 Å². The van der Waals surface area contributed by atoms with Gasteiger partial charge < -0.3 is 14.6 Å². The highest BCUT2D eigenvalue weighted by Gasteiger charge is 2.32. The Kier molecular flexibility index (Phi) is 6.68. The minimum absolute atomic E-state index is 0.110. The van der Waals surface area contributed by atoms with Crippen LogP contribution < -0.4 is 9.47 Å². The molecule has 0 atom stereocenters. The Hall–Kier alpha value is -3.53. The lowest BCUT2D eigenvalue weighted by Gasteiger charge is -2.16. The van der Waals surface area contributed by atoms with E-state index in [1.54, 1.807) is 24.3 Å². The fourth-order valence-electron chi connectivity index (χ4n) is 3.30. The predicted octanol–water partition coefficient (Wildman–Crippen LogP) is 5.06. The van der Waals surface area contributed by atoms with Crippen molar-refractivity contribution in [2.24, 2.45) is 0 Å². The van der Waals surface area contributed by atoms with Crippen molar-refractivity contribution in [2.45, 2.75) is 16.8 Å². The zero-order chi connectivity index (χ0) is 24.4. The number of methoxy groups -OCH3 is 2. The molecule has 0 aliphatic carbocycles. The zero-order valence-electron chi connectivity index (χ0n) is 17.5. The van der Waals surface area contributed by atoms with Crippen LogP contribution in [0.4, 0.5) is 13.2 Å². The van der Waals surface area contributed by atoms with Crippen molar-refractivity contribution in [3.05, 3.63) is 77.4 Å². The summed E-state index contributed by atoms with van der Waals surface area (Å²) in [6, 6.07) is 12.6. The molecule has 3 aromatic carbocycles. The standard InChI is InChI=1S/C23H19F3O6S/c1-31-18-5-3-4-14(11-18)19-8-7-17(23(24,25)26)10-16(19)13-33(29,30)21-12-15(22(27)28)6-9-20(21)32-2/h3-12H,13H2,1-2H3,(H,27,28). The van der Waals surface area contributed by atoms with Gasteiger partial charge in [-0.25, -0.2) is 13.2 Å². The topological polar surface area (TPSA) is 89.9 Å². The summed E-state index contributed by atoms with van der Waals surface area (Å²) in [7, 11) is -1.67. The highest BCUT2D eigenvalue weighted by molar-refractivity contribution is 7.90. The van der Waals surface area contributed by atoms with E-state index in [0.29, 0.717) is 11.3 Å². The number of hydrogen-bond donors (Lipinski definition) is 1. The summed E-state index contributed by atoms with van der Waals surface area (Å²) in [6.45, 7) is 0. The summed E-state index contributed by atoms with van der Waals surface area (Å²) in [6.07, 6.45) is -4.69. The molecule has 0 aliphatic rings. The molecule has 0 spiro atoms. The van der Waals surface area contributed by atoms with Crippen LogP contribution in [-0.4, -0.2) is 33.7 Å². The summed E-state index contributed by atoms with van der Waals surface area (Å²) in [5.41, 5.74) is -0.698. The van der Waals surface area contributed by atoms with Gasteiger partial charge in [0.05, 0.1) is 31.1 Å². The van der Waals surface area contributed by atoms with Crippen LogP contribution in [0.3, 0.4) is 0 Å². The second kappa shape index (κ2) is 9.14. The van der Waals surface area contributed by atoms with E-state index in [0.717, 1.165) is 18.2 Å². The SMILES string of the molecule is COc1cccc(-c2ccc(C(F)(F)F)cc2CS(=O)(=O)c2cc(C(=O)O)ccc2OC)c1. The molecule has 1 N–H and O–H groups in total. The number of ether oxygens (including phenoxy) is 2. The molecule has 33 heavy (non-hydrogen) atoms. The smallest absolute Gasteiger partial charge is 0.416 e. The lowest BCUT2D eigenvalue weighted by atomic mass is 9.98. The molecule has 174 valence electrons. The summed E-state index contributed by atoms with van der Waals surface area (Å²) < 4.78 is 76.9. The molecular formula is C23H19F3O6S. The fourth-order valence-corrected chi connectivity index (χ4v) is 4.87. The van der Waals surface area contributed by atoms with Gasteiger partial charge in [-0.3, -0.25) is 0 Å². The molecule has 0 bridgehead atoms. The number of halogens is 3. The third-order valence-electron chi connectivity index (χ3n) is 4.90. The van der Waals surface area contributed by atoms with Crippen LogP contribution in [0.2, 0.25) is 0 Å². The maximum absolute atomic E-state index is 13.4. The number of carboxylic acid groups (broad SMARTS) is 1. The zero-order valence-corrected chi connectivity index (χ0v) is 18.3. The number of sulfone groups is 1. The van der Waals surface area contributed by atoms with Gasteiger partial charge in [0.15, 0.2) is 9.84 Å². The Labute approximate surface area is 188 Å². The van der Waals surface area contributed by atoms with Gasteiger partial charge in [-0.1, -0.05) is 18.2 Å². The maximum Gasteiger partial charge on any atom is 0.416 e.